The van der Waals surface area contributed by atoms with Crippen molar-refractivity contribution >= 4 is 35.5 Å². The summed E-state index contributed by atoms with van der Waals surface area (Å²) in [6.45, 7) is 2.18. The van der Waals surface area contributed by atoms with E-state index in [1.807, 2.05) is 6.21 Å². The van der Waals surface area contributed by atoms with Crippen LogP contribution in [-0.4, -0.2) is 83.4 Å². The van der Waals surface area contributed by atoms with Crippen LogP contribution in [0.4, 0.5) is 5.69 Å². The number of anilines is 1. The van der Waals surface area contributed by atoms with E-state index in [2.05, 4.69) is 50.1 Å². The summed E-state index contributed by atoms with van der Waals surface area (Å²) < 4.78 is 6.29. The van der Waals surface area contributed by atoms with E-state index < -0.39 is 35.1 Å². The van der Waals surface area contributed by atoms with Crippen molar-refractivity contribution in [2.75, 3.05) is 31.7 Å². The smallest absolute Gasteiger partial charge is 0.262 e. The molecule has 1 aromatic rings. The first-order valence-corrected chi connectivity index (χ1v) is 16.1. The number of hydrogen-bond donors (Lipinski definition) is 2. The number of nitrogens with zero attached hydrogens (tertiary/aromatic N) is 5. The van der Waals surface area contributed by atoms with Gasteiger partial charge in [-0.2, -0.15) is 10.3 Å². The Morgan fingerprint density at radius 3 is 2.76 bits per heavy atom. The zero-order valence-electron chi connectivity index (χ0n) is 25.7. The molecule has 2 aliphatic carbocycles. The van der Waals surface area contributed by atoms with Gasteiger partial charge in [0.25, 0.3) is 11.8 Å². The largest absolute Gasteiger partial charge is 0.383 e. The number of nitriles is 1. The minimum absolute atomic E-state index is 0.0780. The fourth-order valence-electron chi connectivity index (χ4n) is 7.37. The quantitative estimate of drug-likeness (QED) is 0.328. The Morgan fingerprint density at radius 1 is 1.07 bits per heavy atom. The maximum Gasteiger partial charge on any atom is 0.262 e. The number of hydrazine groups is 1. The van der Waals surface area contributed by atoms with Crippen molar-refractivity contribution in [3.05, 3.63) is 64.4 Å². The number of ether oxygens (including phenoxy) is 1. The van der Waals surface area contributed by atoms with Gasteiger partial charge in [0.2, 0.25) is 11.8 Å². The number of piperidine rings is 1. The molecule has 4 amide bonds. The number of amides is 4. The normalized spacial score (nSPS) is 27.8. The molecule has 238 valence electrons. The summed E-state index contributed by atoms with van der Waals surface area (Å²) in [6.07, 6.45) is 15.3. The SMILES string of the molecule is N#CC1(C2=CN(N3CCCC3OCCNc3ccc4c(c3)C(=O)N(C3CCC(=O)NC3=O)C4=O)CN=C2)C=CC2=C(CCCC2)C1. The van der Waals surface area contributed by atoms with Crippen LogP contribution in [0.1, 0.15) is 78.5 Å². The highest BCUT2D eigenvalue weighted by Crippen LogP contribution is 2.44. The number of nitrogens with one attached hydrogen (secondary N) is 2. The Labute approximate surface area is 267 Å². The summed E-state index contributed by atoms with van der Waals surface area (Å²) in [5.41, 5.74) is 4.14. The third-order valence-electron chi connectivity index (χ3n) is 9.83. The zero-order valence-corrected chi connectivity index (χ0v) is 25.7. The van der Waals surface area contributed by atoms with Gasteiger partial charge in [0, 0.05) is 43.2 Å². The molecule has 6 aliphatic rings. The van der Waals surface area contributed by atoms with Crippen molar-refractivity contribution in [2.24, 2.45) is 10.4 Å². The van der Waals surface area contributed by atoms with E-state index in [0.29, 0.717) is 25.5 Å². The van der Waals surface area contributed by atoms with Gasteiger partial charge in [0.1, 0.15) is 24.4 Å². The van der Waals surface area contributed by atoms with Gasteiger partial charge in [-0.25, -0.2) is 0 Å². The van der Waals surface area contributed by atoms with E-state index in [4.69, 9.17) is 4.74 Å². The van der Waals surface area contributed by atoms with Crippen LogP contribution in [0.2, 0.25) is 0 Å². The summed E-state index contributed by atoms with van der Waals surface area (Å²) in [5.74, 6) is -2.10. The van der Waals surface area contributed by atoms with E-state index in [-0.39, 0.29) is 30.2 Å². The molecule has 46 heavy (non-hydrogen) atoms. The lowest BCUT2D eigenvalue weighted by Crippen LogP contribution is -2.54. The van der Waals surface area contributed by atoms with Crippen molar-refractivity contribution in [2.45, 2.75) is 70.1 Å². The van der Waals surface area contributed by atoms with Gasteiger partial charge < -0.3 is 10.1 Å². The monoisotopic (exact) mass is 623 g/mol. The number of aliphatic imine (C=N–C) groups is 1. The Bertz CT molecular complexity index is 1650. The number of carbonyl (C=O) groups is 4. The third kappa shape index (κ3) is 5.43. The Morgan fingerprint density at radius 2 is 1.91 bits per heavy atom. The van der Waals surface area contributed by atoms with Crippen molar-refractivity contribution in [1.82, 2.24) is 20.2 Å². The predicted octanol–water partition coefficient (Wildman–Crippen LogP) is 3.42. The van der Waals surface area contributed by atoms with Crippen LogP contribution in [0.3, 0.4) is 0 Å². The standard InChI is InChI=1S/C34H37N7O5/c35-20-34(12-11-22-4-1-2-5-23(22)17-34)24-18-36-21-39(19-24)40-14-3-6-30(40)46-15-13-37-25-7-8-26-27(16-25)33(45)41(32(26)44)28-9-10-29(42)38-31(28)43/h7-8,11-12,16,18-19,28,30,37H,1-6,9-10,13-15,17,21H2,(H,38,42,43). The fraction of sp³-hybridized carbons (Fsp3) is 0.471. The Hall–Kier alpha value is -4.60. The third-order valence-corrected chi connectivity index (χ3v) is 9.83. The van der Waals surface area contributed by atoms with Gasteiger partial charge in [-0.05, 0) is 75.1 Å². The number of allylic oxidation sites excluding steroid dienone is 5. The lowest BCUT2D eigenvalue weighted by molar-refractivity contribution is -0.136. The lowest BCUT2D eigenvalue weighted by atomic mass is 9.70. The summed E-state index contributed by atoms with van der Waals surface area (Å²) in [4.78, 5) is 55.6. The number of rotatable bonds is 8. The topological polar surface area (TPSA) is 147 Å². The van der Waals surface area contributed by atoms with Gasteiger partial charge >= 0.3 is 0 Å². The minimum Gasteiger partial charge on any atom is -0.383 e. The molecule has 12 nitrogen and oxygen atoms in total. The molecule has 0 spiro atoms. The average Bonchev–Trinajstić information content (AvgIpc) is 3.65. The number of benzene rings is 1. The number of imide groups is 2. The van der Waals surface area contributed by atoms with E-state index in [0.717, 1.165) is 49.1 Å². The van der Waals surface area contributed by atoms with E-state index >= 15 is 0 Å². The van der Waals surface area contributed by atoms with Crippen LogP contribution >= 0.6 is 0 Å². The van der Waals surface area contributed by atoms with Gasteiger partial charge in [-0.3, -0.25) is 39.4 Å². The van der Waals surface area contributed by atoms with E-state index in [1.165, 1.54) is 24.0 Å². The van der Waals surface area contributed by atoms with Crippen molar-refractivity contribution < 1.29 is 23.9 Å². The van der Waals surface area contributed by atoms with Crippen molar-refractivity contribution in [1.29, 1.82) is 5.26 Å². The maximum atomic E-state index is 13.1. The highest BCUT2D eigenvalue weighted by atomic mass is 16.5. The molecule has 2 N–H and O–H groups in total. The molecule has 0 aromatic heterocycles. The minimum atomic E-state index is -0.993. The van der Waals surface area contributed by atoms with Crippen molar-refractivity contribution in [3.8, 4) is 6.07 Å². The zero-order chi connectivity index (χ0) is 31.8. The molecule has 0 saturated carbocycles. The molecule has 2 saturated heterocycles. The molecule has 7 rings (SSSR count). The fourth-order valence-corrected chi connectivity index (χ4v) is 7.37. The molecule has 0 bridgehead atoms. The van der Waals surface area contributed by atoms with Crippen LogP contribution < -0.4 is 10.6 Å². The summed E-state index contributed by atoms with van der Waals surface area (Å²) in [5, 5.41) is 20.1. The molecule has 12 heteroatoms. The number of hydrogen-bond acceptors (Lipinski definition) is 10. The average molecular weight is 624 g/mol. The van der Waals surface area contributed by atoms with E-state index in [1.54, 1.807) is 18.2 Å². The van der Waals surface area contributed by atoms with Crippen LogP contribution in [0.15, 0.2) is 58.3 Å². The lowest BCUT2D eigenvalue weighted by Gasteiger charge is -2.39. The molecule has 2 fully saturated rings. The highest BCUT2D eigenvalue weighted by Gasteiger charge is 2.45. The predicted molar refractivity (Wildman–Crippen MR) is 168 cm³/mol. The maximum absolute atomic E-state index is 13.1. The molecule has 1 aromatic carbocycles. The van der Waals surface area contributed by atoms with Crippen molar-refractivity contribution in [3.63, 3.8) is 0 Å². The molecular weight excluding hydrogens is 586 g/mol. The highest BCUT2D eigenvalue weighted by molar-refractivity contribution is 6.23. The first kappa shape index (κ1) is 30.1. The Balaban J connectivity index is 0.953. The summed E-state index contributed by atoms with van der Waals surface area (Å²) in [7, 11) is 0. The molecule has 0 radical (unpaired) electrons. The molecular formula is C34H37N7O5. The summed E-state index contributed by atoms with van der Waals surface area (Å²) >= 11 is 0. The second-order valence-corrected chi connectivity index (χ2v) is 12.7. The number of carbonyl (C=O) groups excluding carboxylic acids is 4. The first-order valence-electron chi connectivity index (χ1n) is 16.1. The van der Waals surface area contributed by atoms with E-state index in [9.17, 15) is 24.4 Å². The number of fused-ring (bicyclic) bond motifs is 1. The van der Waals surface area contributed by atoms with Crippen LogP contribution in [0.5, 0.6) is 0 Å². The Kier molecular flexibility index (Phi) is 8.04. The summed E-state index contributed by atoms with van der Waals surface area (Å²) in [6, 6.07) is 6.56. The second-order valence-electron chi connectivity index (χ2n) is 12.7. The van der Waals surface area contributed by atoms with Crippen LogP contribution in [-0.2, 0) is 14.3 Å². The van der Waals surface area contributed by atoms with Gasteiger partial charge in [0.05, 0.1) is 23.8 Å². The van der Waals surface area contributed by atoms with Gasteiger partial charge in [0.15, 0.2) is 0 Å². The molecule has 4 aliphatic heterocycles. The molecule has 3 atom stereocenters. The van der Waals surface area contributed by atoms with Gasteiger partial charge in [-0.15, -0.1) is 0 Å². The molecule has 3 unspecified atom stereocenters. The first-order chi connectivity index (χ1) is 22.4. The van der Waals surface area contributed by atoms with Crippen LogP contribution in [0.25, 0.3) is 0 Å². The van der Waals surface area contributed by atoms with Crippen LogP contribution in [0, 0.1) is 16.7 Å². The van der Waals surface area contributed by atoms with Gasteiger partial charge in [-0.1, -0.05) is 17.7 Å². The molecule has 4 heterocycles. The second kappa shape index (κ2) is 12.3.